The first-order valence-corrected chi connectivity index (χ1v) is 8.98. The molecule has 0 atom stereocenters. The highest BCUT2D eigenvalue weighted by atomic mass is 127. The molecule has 1 aromatic rings. The molecular formula is C16H30IN5OS. The van der Waals surface area contributed by atoms with Gasteiger partial charge in [-0.3, -0.25) is 4.79 Å². The molecule has 1 heterocycles. The lowest BCUT2D eigenvalue weighted by molar-refractivity contribution is -0.121. The van der Waals surface area contributed by atoms with E-state index in [1.807, 2.05) is 27.7 Å². The number of rotatable bonds is 7. The Morgan fingerprint density at radius 3 is 2.54 bits per heavy atom. The van der Waals surface area contributed by atoms with Gasteiger partial charge in [-0.25, -0.2) is 9.98 Å². The number of aromatic nitrogens is 1. The van der Waals surface area contributed by atoms with Gasteiger partial charge in [0.1, 0.15) is 6.54 Å². The van der Waals surface area contributed by atoms with Crippen LogP contribution in [-0.4, -0.2) is 42.0 Å². The Morgan fingerprint density at radius 1 is 1.29 bits per heavy atom. The third kappa shape index (κ3) is 10.1. The summed E-state index contributed by atoms with van der Waals surface area (Å²) in [6.07, 6.45) is 1.82. The standard InChI is InChI=1S/C16H29N5OS.HI/c1-6-14-20-12(11-23-14)8-9-18-15(17-7-2)19-10-13(22)21-16(3,4)5;/h11H,6-10H2,1-5H3,(H,21,22)(H2,17,18,19);1H. The molecule has 0 unspecified atom stereocenters. The van der Waals surface area contributed by atoms with E-state index in [1.165, 1.54) is 5.01 Å². The molecule has 1 amide bonds. The van der Waals surface area contributed by atoms with Crippen molar-refractivity contribution in [2.75, 3.05) is 19.6 Å². The van der Waals surface area contributed by atoms with Crippen molar-refractivity contribution in [1.82, 2.24) is 20.9 Å². The maximum atomic E-state index is 11.8. The zero-order chi connectivity index (χ0) is 17.3. The van der Waals surface area contributed by atoms with Crippen LogP contribution in [0.4, 0.5) is 0 Å². The summed E-state index contributed by atoms with van der Waals surface area (Å²) in [7, 11) is 0. The fourth-order valence-corrected chi connectivity index (χ4v) is 2.66. The van der Waals surface area contributed by atoms with Crippen LogP contribution in [0, 0.1) is 0 Å². The smallest absolute Gasteiger partial charge is 0.242 e. The molecule has 0 aliphatic carbocycles. The largest absolute Gasteiger partial charge is 0.357 e. The predicted molar refractivity (Wildman–Crippen MR) is 112 cm³/mol. The van der Waals surface area contributed by atoms with E-state index in [0.717, 1.165) is 31.6 Å². The van der Waals surface area contributed by atoms with E-state index < -0.39 is 0 Å². The van der Waals surface area contributed by atoms with Crippen LogP contribution in [0.5, 0.6) is 0 Å². The van der Waals surface area contributed by atoms with Gasteiger partial charge in [-0.05, 0) is 34.1 Å². The van der Waals surface area contributed by atoms with Crippen LogP contribution in [0.2, 0.25) is 0 Å². The Bertz CT molecular complexity index is 525. The lowest BCUT2D eigenvalue weighted by atomic mass is 10.1. The molecule has 0 aliphatic heterocycles. The zero-order valence-electron chi connectivity index (χ0n) is 15.2. The molecule has 0 bridgehead atoms. The van der Waals surface area contributed by atoms with Crippen LogP contribution < -0.4 is 16.0 Å². The number of aliphatic imine (C=N–C) groups is 1. The van der Waals surface area contributed by atoms with Gasteiger partial charge in [0.05, 0.1) is 10.7 Å². The van der Waals surface area contributed by atoms with Crippen molar-refractivity contribution in [3.8, 4) is 0 Å². The number of nitrogens with zero attached hydrogens (tertiary/aromatic N) is 2. The average molecular weight is 467 g/mol. The first kappa shape index (κ1) is 23.1. The number of amides is 1. The number of carbonyl (C=O) groups excluding carboxylic acids is 1. The van der Waals surface area contributed by atoms with Crippen LogP contribution in [0.25, 0.3) is 0 Å². The van der Waals surface area contributed by atoms with Crippen molar-refractivity contribution < 1.29 is 4.79 Å². The van der Waals surface area contributed by atoms with Gasteiger partial charge >= 0.3 is 0 Å². The van der Waals surface area contributed by atoms with Crippen molar-refractivity contribution in [3.05, 3.63) is 16.1 Å². The minimum atomic E-state index is -0.236. The summed E-state index contributed by atoms with van der Waals surface area (Å²) in [4.78, 5) is 20.7. The number of halogens is 1. The quantitative estimate of drug-likeness (QED) is 0.327. The Balaban J connectivity index is 0.00000529. The Kier molecular flexibility index (Phi) is 11.2. The van der Waals surface area contributed by atoms with Gasteiger partial charge in [-0.2, -0.15) is 0 Å². The second-order valence-corrected chi connectivity index (χ2v) is 7.20. The molecule has 0 saturated carbocycles. The molecule has 0 saturated heterocycles. The van der Waals surface area contributed by atoms with Crippen LogP contribution in [0.15, 0.2) is 10.4 Å². The van der Waals surface area contributed by atoms with Gasteiger partial charge in [0, 0.05) is 30.4 Å². The molecular weight excluding hydrogens is 437 g/mol. The number of nitrogens with one attached hydrogen (secondary N) is 3. The van der Waals surface area contributed by atoms with Crippen LogP contribution in [0.1, 0.15) is 45.3 Å². The summed E-state index contributed by atoms with van der Waals surface area (Å²) >= 11 is 1.70. The van der Waals surface area contributed by atoms with E-state index in [1.54, 1.807) is 11.3 Å². The molecule has 0 spiro atoms. The van der Waals surface area contributed by atoms with Crippen molar-refractivity contribution in [2.24, 2.45) is 4.99 Å². The molecule has 24 heavy (non-hydrogen) atoms. The number of aryl methyl sites for hydroxylation is 1. The minimum absolute atomic E-state index is 0. The lowest BCUT2D eigenvalue weighted by Gasteiger charge is -2.20. The third-order valence-corrected chi connectivity index (χ3v) is 3.86. The normalized spacial score (nSPS) is 11.6. The fourth-order valence-electron chi connectivity index (χ4n) is 1.89. The van der Waals surface area contributed by atoms with Crippen molar-refractivity contribution in [2.45, 2.75) is 53.0 Å². The second kappa shape index (κ2) is 11.6. The Hall–Kier alpha value is -0.900. The Labute approximate surface area is 166 Å². The van der Waals surface area contributed by atoms with Crippen LogP contribution >= 0.6 is 35.3 Å². The summed E-state index contributed by atoms with van der Waals surface area (Å²) in [6.45, 7) is 11.6. The summed E-state index contributed by atoms with van der Waals surface area (Å²) in [5.74, 6) is 0.573. The van der Waals surface area contributed by atoms with Gasteiger partial charge in [-0.1, -0.05) is 6.92 Å². The highest BCUT2D eigenvalue weighted by Gasteiger charge is 2.13. The van der Waals surface area contributed by atoms with E-state index >= 15 is 0 Å². The van der Waals surface area contributed by atoms with Gasteiger partial charge in [0.15, 0.2) is 5.96 Å². The number of thiazole rings is 1. The maximum absolute atomic E-state index is 11.8. The summed E-state index contributed by atoms with van der Waals surface area (Å²) < 4.78 is 0. The number of carbonyl (C=O) groups is 1. The lowest BCUT2D eigenvalue weighted by Crippen LogP contribution is -2.43. The minimum Gasteiger partial charge on any atom is -0.357 e. The molecule has 138 valence electrons. The van der Waals surface area contributed by atoms with Crippen molar-refractivity contribution >= 4 is 47.2 Å². The van der Waals surface area contributed by atoms with Gasteiger partial charge < -0.3 is 16.0 Å². The van der Waals surface area contributed by atoms with Gasteiger partial charge in [-0.15, -0.1) is 35.3 Å². The van der Waals surface area contributed by atoms with E-state index in [4.69, 9.17) is 0 Å². The third-order valence-electron chi connectivity index (χ3n) is 2.81. The summed E-state index contributed by atoms with van der Waals surface area (Å²) in [5, 5.41) is 12.5. The average Bonchev–Trinajstić information content (AvgIpc) is 2.91. The molecule has 0 aliphatic rings. The second-order valence-electron chi connectivity index (χ2n) is 6.26. The van der Waals surface area contributed by atoms with Crippen molar-refractivity contribution in [1.29, 1.82) is 0 Å². The van der Waals surface area contributed by atoms with Crippen LogP contribution in [0.3, 0.4) is 0 Å². The predicted octanol–water partition coefficient (Wildman–Crippen LogP) is 2.34. The summed E-state index contributed by atoms with van der Waals surface area (Å²) in [5.41, 5.74) is 0.862. The topological polar surface area (TPSA) is 78.4 Å². The van der Waals surface area contributed by atoms with E-state index in [2.05, 4.69) is 38.2 Å². The zero-order valence-corrected chi connectivity index (χ0v) is 18.4. The molecule has 6 nitrogen and oxygen atoms in total. The fraction of sp³-hybridized carbons (Fsp3) is 0.688. The SMILES string of the molecule is CCNC(=NCC(=O)NC(C)(C)C)NCCc1csc(CC)n1.I. The molecule has 0 radical (unpaired) electrons. The van der Waals surface area contributed by atoms with Gasteiger partial charge in [0.2, 0.25) is 5.91 Å². The molecule has 1 rings (SSSR count). The highest BCUT2D eigenvalue weighted by molar-refractivity contribution is 14.0. The monoisotopic (exact) mass is 467 g/mol. The summed E-state index contributed by atoms with van der Waals surface area (Å²) in [6, 6.07) is 0. The molecule has 0 fully saturated rings. The number of guanidine groups is 1. The molecule has 8 heteroatoms. The van der Waals surface area contributed by atoms with E-state index in [0.29, 0.717) is 5.96 Å². The van der Waals surface area contributed by atoms with E-state index in [9.17, 15) is 4.79 Å². The highest BCUT2D eigenvalue weighted by Crippen LogP contribution is 2.10. The van der Waals surface area contributed by atoms with Crippen molar-refractivity contribution in [3.63, 3.8) is 0 Å². The first-order valence-electron chi connectivity index (χ1n) is 8.10. The van der Waals surface area contributed by atoms with Crippen LogP contribution in [-0.2, 0) is 17.6 Å². The van der Waals surface area contributed by atoms with E-state index in [-0.39, 0.29) is 42.0 Å². The number of hydrogen-bond donors (Lipinski definition) is 3. The first-order chi connectivity index (χ1) is 10.8. The molecule has 0 aromatic carbocycles. The Morgan fingerprint density at radius 2 is 2.00 bits per heavy atom. The molecule has 1 aromatic heterocycles. The maximum Gasteiger partial charge on any atom is 0.242 e. The number of hydrogen-bond acceptors (Lipinski definition) is 4. The van der Waals surface area contributed by atoms with Gasteiger partial charge in [0.25, 0.3) is 0 Å². The molecule has 3 N–H and O–H groups in total.